The molecule has 1 atom stereocenters. The smallest absolute Gasteiger partial charge is 0.231 e. The van der Waals surface area contributed by atoms with E-state index in [1.807, 2.05) is 19.1 Å². The summed E-state index contributed by atoms with van der Waals surface area (Å²) in [7, 11) is 1.58. The third kappa shape index (κ3) is 3.24. The van der Waals surface area contributed by atoms with Crippen molar-refractivity contribution in [3.63, 3.8) is 0 Å². The van der Waals surface area contributed by atoms with E-state index in [9.17, 15) is 9.59 Å². The maximum absolute atomic E-state index is 12.6. The first kappa shape index (κ1) is 16.8. The Bertz CT molecular complexity index is 638. The molecule has 0 aliphatic carbocycles. The van der Waals surface area contributed by atoms with E-state index in [1.165, 1.54) is 0 Å². The Kier molecular flexibility index (Phi) is 4.76. The third-order valence-corrected chi connectivity index (χ3v) is 4.95. The molecule has 3 rings (SSSR count). The Balaban J connectivity index is 1.77. The van der Waals surface area contributed by atoms with E-state index in [1.54, 1.807) is 18.1 Å². The van der Waals surface area contributed by atoms with Gasteiger partial charge in [0.15, 0.2) is 0 Å². The van der Waals surface area contributed by atoms with Crippen molar-refractivity contribution in [3.05, 3.63) is 18.2 Å². The molecular formula is C18H25N3O3. The second-order valence-electron chi connectivity index (χ2n) is 6.83. The Hall–Kier alpha value is -2.08. The lowest BCUT2D eigenvalue weighted by molar-refractivity contribution is -0.125. The van der Waals surface area contributed by atoms with Gasteiger partial charge in [-0.2, -0.15) is 0 Å². The fourth-order valence-corrected chi connectivity index (χ4v) is 3.41. The number of rotatable bonds is 4. The van der Waals surface area contributed by atoms with Crippen LogP contribution in [0.2, 0.25) is 0 Å². The number of piperidine rings is 1. The molecule has 0 aromatic heterocycles. The van der Waals surface area contributed by atoms with Gasteiger partial charge in [-0.15, -0.1) is 0 Å². The first-order valence-corrected chi connectivity index (χ1v) is 8.54. The Morgan fingerprint density at radius 2 is 2.21 bits per heavy atom. The quantitative estimate of drug-likeness (QED) is 0.887. The number of methoxy groups -OCH3 is 1. The number of hydrogen-bond acceptors (Lipinski definition) is 4. The summed E-state index contributed by atoms with van der Waals surface area (Å²) in [6.45, 7) is 4.36. The minimum absolute atomic E-state index is 0.0155. The fraction of sp³-hybridized carbons (Fsp3) is 0.556. The third-order valence-electron chi connectivity index (χ3n) is 4.95. The highest BCUT2D eigenvalue weighted by Crippen LogP contribution is 2.35. The number of benzene rings is 1. The van der Waals surface area contributed by atoms with Crippen LogP contribution in [0.1, 0.15) is 32.6 Å². The summed E-state index contributed by atoms with van der Waals surface area (Å²) in [5.74, 6) is 0.739. The lowest BCUT2D eigenvalue weighted by Gasteiger charge is -2.32. The summed E-state index contributed by atoms with van der Waals surface area (Å²) in [6, 6.07) is 5.47. The molecule has 2 fully saturated rings. The fourth-order valence-electron chi connectivity index (χ4n) is 3.41. The van der Waals surface area contributed by atoms with Crippen LogP contribution in [0.5, 0.6) is 5.75 Å². The van der Waals surface area contributed by atoms with Crippen LogP contribution in [-0.4, -0.2) is 38.6 Å². The molecule has 2 N–H and O–H groups in total. The highest BCUT2D eigenvalue weighted by molar-refractivity contribution is 5.98. The summed E-state index contributed by atoms with van der Waals surface area (Å²) < 4.78 is 5.44. The number of amides is 2. The van der Waals surface area contributed by atoms with Crippen LogP contribution in [0.4, 0.5) is 11.4 Å². The molecule has 24 heavy (non-hydrogen) atoms. The largest absolute Gasteiger partial charge is 0.494 e. The molecule has 2 aliphatic heterocycles. The molecule has 1 unspecified atom stereocenters. The number of nitrogens with one attached hydrogen (secondary N) is 2. The van der Waals surface area contributed by atoms with Crippen molar-refractivity contribution in [3.8, 4) is 5.75 Å². The molecule has 0 spiro atoms. The van der Waals surface area contributed by atoms with Gasteiger partial charge in [0.25, 0.3) is 0 Å². The van der Waals surface area contributed by atoms with Gasteiger partial charge in [0.2, 0.25) is 11.8 Å². The zero-order chi connectivity index (χ0) is 17.2. The first-order chi connectivity index (χ1) is 11.5. The average Bonchev–Trinajstić information content (AvgIpc) is 3.01. The number of ether oxygens (including phenoxy) is 1. The van der Waals surface area contributed by atoms with E-state index in [0.717, 1.165) is 31.5 Å². The van der Waals surface area contributed by atoms with Gasteiger partial charge in [0.05, 0.1) is 18.2 Å². The molecule has 6 heteroatoms. The molecule has 130 valence electrons. The lowest BCUT2D eigenvalue weighted by atomic mass is 9.82. The van der Waals surface area contributed by atoms with Gasteiger partial charge in [0, 0.05) is 31.3 Å². The minimum atomic E-state index is -0.394. The molecule has 0 saturated carbocycles. The standard InChI is InChI=1S/C18H25N3O3/c1-18(8-4-9-19-12-18)17(23)20-13-6-7-14(15(11-13)24-2)21-10-3-5-16(21)22/h6-7,11,19H,3-5,8-10,12H2,1-2H3,(H,20,23). The van der Waals surface area contributed by atoms with Crippen LogP contribution < -0.4 is 20.3 Å². The van der Waals surface area contributed by atoms with Crippen molar-refractivity contribution >= 4 is 23.2 Å². The monoisotopic (exact) mass is 331 g/mol. The highest BCUT2D eigenvalue weighted by atomic mass is 16.5. The molecule has 0 radical (unpaired) electrons. The minimum Gasteiger partial charge on any atom is -0.494 e. The highest BCUT2D eigenvalue weighted by Gasteiger charge is 2.34. The Morgan fingerprint density at radius 1 is 1.38 bits per heavy atom. The van der Waals surface area contributed by atoms with Crippen molar-refractivity contribution in [1.82, 2.24) is 5.32 Å². The predicted molar refractivity (Wildman–Crippen MR) is 93.4 cm³/mol. The van der Waals surface area contributed by atoms with Crippen molar-refractivity contribution in [1.29, 1.82) is 0 Å². The summed E-state index contributed by atoms with van der Waals surface area (Å²) in [4.78, 5) is 26.3. The van der Waals surface area contributed by atoms with Crippen LogP contribution in [0.3, 0.4) is 0 Å². The number of nitrogens with zero attached hydrogens (tertiary/aromatic N) is 1. The number of carbonyl (C=O) groups excluding carboxylic acids is 2. The van der Waals surface area contributed by atoms with Crippen molar-refractivity contribution in [2.75, 3.05) is 37.0 Å². The van der Waals surface area contributed by atoms with Gasteiger partial charge < -0.3 is 20.3 Å². The molecule has 2 aliphatic rings. The number of carbonyl (C=O) groups is 2. The van der Waals surface area contributed by atoms with E-state index in [-0.39, 0.29) is 11.8 Å². The molecule has 2 amide bonds. The Labute approximate surface area is 142 Å². The number of anilines is 2. The van der Waals surface area contributed by atoms with Crippen molar-refractivity contribution in [2.24, 2.45) is 5.41 Å². The van der Waals surface area contributed by atoms with Crippen LogP contribution in [-0.2, 0) is 9.59 Å². The summed E-state index contributed by atoms with van der Waals surface area (Å²) in [5, 5.41) is 6.28. The summed E-state index contributed by atoms with van der Waals surface area (Å²) >= 11 is 0. The topological polar surface area (TPSA) is 70.7 Å². The maximum Gasteiger partial charge on any atom is 0.231 e. The summed E-state index contributed by atoms with van der Waals surface area (Å²) in [6.07, 6.45) is 3.32. The van der Waals surface area contributed by atoms with Gasteiger partial charge in [-0.25, -0.2) is 0 Å². The van der Waals surface area contributed by atoms with E-state index < -0.39 is 5.41 Å². The normalized spacial score (nSPS) is 24.1. The van der Waals surface area contributed by atoms with Gasteiger partial charge >= 0.3 is 0 Å². The SMILES string of the molecule is COc1cc(NC(=O)C2(C)CCCNC2)ccc1N1CCCC1=O. The zero-order valence-electron chi connectivity index (χ0n) is 14.4. The second kappa shape index (κ2) is 6.81. The van der Waals surface area contributed by atoms with E-state index in [2.05, 4.69) is 10.6 Å². The molecule has 6 nitrogen and oxygen atoms in total. The Morgan fingerprint density at radius 3 is 2.83 bits per heavy atom. The van der Waals surface area contributed by atoms with Crippen LogP contribution in [0, 0.1) is 5.41 Å². The van der Waals surface area contributed by atoms with Gasteiger partial charge in [0.1, 0.15) is 5.75 Å². The second-order valence-corrected chi connectivity index (χ2v) is 6.83. The molecule has 1 aromatic carbocycles. The molecule has 2 heterocycles. The maximum atomic E-state index is 12.6. The van der Waals surface area contributed by atoms with E-state index >= 15 is 0 Å². The lowest BCUT2D eigenvalue weighted by Crippen LogP contribution is -2.46. The van der Waals surface area contributed by atoms with E-state index in [0.29, 0.717) is 30.9 Å². The van der Waals surface area contributed by atoms with Crippen LogP contribution in [0.25, 0.3) is 0 Å². The van der Waals surface area contributed by atoms with Gasteiger partial charge in [-0.3, -0.25) is 9.59 Å². The summed E-state index contributed by atoms with van der Waals surface area (Å²) in [5.41, 5.74) is 1.07. The van der Waals surface area contributed by atoms with Crippen molar-refractivity contribution < 1.29 is 14.3 Å². The van der Waals surface area contributed by atoms with Crippen molar-refractivity contribution in [2.45, 2.75) is 32.6 Å². The molecule has 0 bridgehead atoms. The average molecular weight is 331 g/mol. The van der Waals surface area contributed by atoms with Crippen LogP contribution in [0.15, 0.2) is 18.2 Å². The first-order valence-electron chi connectivity index (χ1n) is 8.54. The molecular weight excluding hydrogens is 306 g/mol. The van der Waals surface area contributed by atoms with Gasteiger partial charge in [-0.05, 0) is 44.9 Å². The van der Waals surface area contributed by atoms with Crippen LogP contribution >= 0.6 is 0 Å². The van der Waals surface area contributed by atoms with E-state index in [4.69, 9.17) is 4.74 Å². The predicted octanol–water partition coefficient (Wildman–Crippen LogP) is 2.15. The zero-order valence-corrected chi connectivity index (χ0v) is 14.4. The molecule has 2 saturated heterocycles. The van der Waals surface area contributed by atoms with Gasteiger partial charge in [-0.1, -0.05) is 0 Å². The number of hydrogen-bond donors (Lipinski definition) is 2. The molecule has 1 aromatic rings.